The van der Waals surface area contributed by atoms with Gasteiger partial charge < -0.3 is 10.2 Å². The van der Waals surface area contributed by atoms with Crippen LogP contribution >= 0.6 is 11.8 Å². The van der Waals surface area contributed by atoms with E-state index in [1.165, 1.54) is 27.8 Å². The number of nitrogens with zero attached hydrogens (tertiary/aromatic N) is 2. The smallest absolute Gasteiger partial charge is 0.102 e. The molecule has 1 heterocycles. The number of aromatic nitrogens is 1. The summed E-state index contributed by atoms with van der Waals surface area (Å²) in [6, 6.07) is 29.9. The minimum absolute atomic E-state index is 0.796. The first-order valence-electron chi connectivity index (χ1n) is 10.2. The van der Waals surface area contributed by atoms with E-state index in [1.54, 1.807) is 0 Å². The minimum atomic E-state index is 0.796. The van der Waals surface area contributed by atoms with Crippen LogP contribution in [0.15, 0.2) is 90.0 Å². The SMILES string of the molecule is CN(C)c1ccc(CNCc2cc3ccccc3nc2SCc2ccccc2)cc1. The Hall–Kier alpha value is -2.82. The summed E-state index contributed by atoms with van der Waals surface area (Å²) < 4.78 is 0. The fourth-order valence-corrected chi connectivity index (χ4v) is 4.35. The van der Waals surface area contributed by atoms with Crippen molar-refractivity contribution in [3.63, 3.8) is 0 Å². The predicted molar refractivity (Wildman–Crippen MR) is 129 cm³/mol. The molecule has 1 aromatic heterocycles. The van der Waals surface area contributed by atoms with Crippen molar-refractivity contribution in [1.29, 1.82) is 0 Å². The molecule has 0 aliphatic heterocycles. The van der Waals surface area contributed by atoms with E-state index in [-0.39, 0.29) is 0 Å². The van der Waals surface area contributed by atoms with Gasteiger partial charge in [0.05, 0.1) is 5.52 Å². The summed E-state index contributed by atoms with van der Waals surface area (Å²) in [4.78, 5) is 7.08. The molecule has 0 aliphatic carbocycles. The number of hydrogen-bond donors (Lipinski definition) is 1. The van der Waals surface area contributed by atoms with Crippen LogP contribution in [0.3, 0.4) is 0 Å². The zero-order valence-electron chi connectivity index (χ0n) is 17.5. The van der Waals surface area contributed by atoms with Crippen LogP contribution in [0.25, 0.3) is 10.9 Å². The van der Waals surface area contributed by atoms with Crippen LogP contribution in [-0.4, -0.2) is 19.1 Å². The van der Waals surface area contributed by atoms with Crippen molar-refractivity contribution < 1.29 is 0 Å². The lowest BCUT2D eigenvalue weighted by Crippen LogP contribution is -2.14. The van der Waals surface area contributed by atoms with Gasteiger partial charge in [-0.25, -0.2) is 4.98 Å². The lowest BCUT2D eigenvalue weighted by atomic mass is 10.1. The van der Waals surface area contributed by atoms with Crippen molar-refractivity contribution in [2.75, 3.05) is 19.0 Å². The lowest BCUT2D eigenvalue weighted by Gasteiger charge is -2.14. The Bertz CT molecular complexity index is 1090. The molecular formula is C26H27N3S. The molecule has 0 saturated heterocycles. The zero-order valence-corrected chi connectivity index (χ0v) is 18.3. The summed E-state index contributed by atoms with van der Waals surface area (Å²) in [6.45, 7) is 1.63. The molecule has 0 radical (unpaired) electrons. The number of hydrogen-bond acceptors (Lipinski definition) is 4. The highest BCUT2D eigenvalue weighted by atomic mass is 32.2. The molecule has 4 aromatic rings. The fourth-order valence-electron chi connectivity index (χ4n) is 3.37. The van der Waals surface area contributed by atoms with Crippen molar-refractivity contribution >= 4 is 28.4 Å². The molecule has 4 heteroatoms. The van der Waals surface area contributed by atoms with Gasteiger partial charge in [-0.2, -0.15) is 0 Å². The standard InChI is InChI=1S/C26H27N3S/c1-29(2)24-14-12-20(13-15-24)17-27-18-23-16-22-10-6-7-11-25(22)28-26(23)30-19-21-8-4-3-5-9-21/h3-16,27H,17-19H2,1-2H3. The molecule has 0 amide bonds. The molecule has 0 atom stereocenters. The van der Waals surface area contributed by atoms with Crippen molar-refractivity contribution in [3.8, 4) is 0 Å². The Morgan fingerprint density at radius 1 is 0.800 bits per heavy atom. The second-order valence-electron chi connectivity index (χ2n) is 7.58. The van der Waals surface area contributed by atoms with Gasteiger partial charge in [-0.3, -0.25) is 0 Å². The van der Waals surface area contributed by atoms with E-state index in [1.807, 2.05) is 11.8 Å². The summed E-state index contributed by atoms with van der Waals surface area (Å²) in [5.74, 6) is 0.922. The van der Waals surface area contributed by atoms with Crippen molar-refractivity contribution in [1.82, 2.24) is 10.3 Å². The van der Waals surface area contributed by atoms with Crippen molar-refractivity contribution in [2.24, 2.45) is 0 Å². The number of anilines is 1. The van der Waals surface area contributed by atoms with Crippen LogP contribution in [0.2, 0.25) is 0 Å². The van der Waals surface area contributed by atoms with Crippen LogP contribution in [0.5, 0.6) is 0 Å². The minimum Gasteiger partial charge on any atom is -0.378 e. The second-order valence-corrected chi connectivity index (χ2v) is 8.55. The molecule has 3 aromatic carbocycles. The van der Waals surface area contributed by atoms with E-state index in [9.17, 15) is 0 Å². The number of fused-ring (bicyclic) bond motifs is 1. The second kappa shape index (κ2) is 9.79. The Morgan fingerprint density at radius 2 is 1.53 bits per heavy atom. The number of nitrogens with one attached hydrogen (secondary N) is 1. The number of rotatable bonds is 8. The van der Waals surface area contributed by atoms with Gasteiger partial charge in [-0.1, -0.05) is 60.7 Å². The molecule has 1 N–H and O–H groups in total. The first-order chi connectivity index (χ1) is 14.7. The largest absolute Gasteiger partial charge is 0.378 e. The quantitative estimate of drug-likeness (QED) is 0.365. The highest BCUT2D eigenvalue weighted by Crippen LogP contribution is 2.28. The molecule has 0 saturated carbocycles. The molecule has 0 bridgehead atoms. The molecule has 4 rings (SSSR count). The van der Waals surface area contributed by atoms with Gasteiger partial charge in [0.1, 0.15) is 5.03 Å². The van der Waals surface area contributed by atoms with Crippen LogP contribution < -0.4 is 10.2 Å². The maximum absolute atomic E-state index is 4.96. The monoisotopic (exact) mass is 413 g/mol. The molecule has 3 nitrogen and oxygen atoms in total. The van der Waals surface area contributed by atoms with E-state index in [2.05, 4.69) is 109 Å². The summed E-state index contributed by atoms with van der Waals surface area (Å²) in [5, 5.41) is 5.90. The lowest BCUT2D eigenvalue weighted by molar-refractivity contribution is 0.682. The van der Waals surface area contributed by atoms with Gasteiger partial charge >= 0.3 is 0 Å². The van der Waals surface area contributed by atoms with E-state index in [0.29, 0.717) is 0 Å². The van der Waals surface area contributed by atoms with Gasteiger partial charge in [0.25, 0.3) is 0 Å². The summed E-state index contributed by atoms with van der Waals surface area (Å²) >= 11 is 1.81. The van der Waals surface area contributed by atoms with Crippen molar-refractivity contribution in [3.05, 3.63) is 102 Å². The molecule has 0 aliphatic rings. The van der Waals surface area contributed by atoms with Gasteiger partial charge in [0, 0.05) is 44.0 Å². The van der Waals surface area contributed by atoms with Gasteiger partial charge in [-0.05, 0) is 41.0 Å². The van der Waals surface area contributed by atoms with E-state index in [0.717, 1.165) is 29.4 Å². The molecule has 0 unspecified atom stereocenters. The van der Waals surface area contributed by atoms with Crippen LogP contribution in [0, 0.1) is 0 Å². The van der Waals surface area contributed by atoms with Gasteiger partial charge in [0.15, 0.2) is 0 Å². The molecule has 0 fully saturated rings. The Morgan fingerprint density at radius 3 is 2.30 bits per heavy atom. The first-order valence-corrected chi connectivity index (χ1v) is 11.2. The predicted octanol–water partition coefficient (Wildman–Crippen LogP) is 5.88. The molecule has 152 valence electrons. The highest BCUT2D eigenvalue weighted by molar-refractivity contribution is 7.98. The van der Waals surface area contributed by atoms with E-state index >= 15 is 0 Å². The molecule has 30 heavy (non-hydrogen) atoms. The van der Waals surface area contributed by atoms with Crippen LogP contribution in [0.4, 0.5) is 5.69 Å². The normalized spacial score (nSPS) is 11.0. The first kappa shape index (κ1) is 20.5. The Labute approximate surface area is 183 Å². The Kier molecular flexibility index (Phi) is 6.67. The summed E-state index contributed by atoms with van der Waals surface area (Å²) in [7, 11) is 4.13. The fraction of sp³-hybridized carbons (Fsp3) is 0.192. The van der Waals surface area contributed by atoms with Crippen molar-refractivity contribution in [2.45, 2.75) is 23.9 Å². The topological polar surface area (TPSA) is 28.2 Å². The van der Waals surface area contributed by atoms with E-state index in [4.69, 9.17) is 4.98 Å². The maximum Gasteiger partial charge on any atom is 0.102 e. The average molecular weight is 414 g/mol. The number of thioether (sulfide) groups is 1. The Balaban J connectivity index is 1.48. The zero-order chi connectivity index (χ0) is 20.8. The number of para-hydroxylation sites is 1. The maximum atomic E-state index is 4.96. The third kappa shape index (κ3) is 5.21. The van der Waals surface area contributed by atoms with Crippen LogP contribution in [-0.2, 0) is 18.8 Å². The highest BCUT2D eigenvalue weighted by Gasteiger charge is 2.08. The summed E-state index contributed by atoms with van der Waals surface area (Å²) in [6.07, 6.45) is 0. The molecule has 0 spiro atoms. The third-order valence-electron chi connectivity index (χ3n) is 5.08. The summed E-state index contributed by atoms with van der Waals surface area (Å²) in [5.41, 5.74) is 6.12. The van der Waals surface area contributed by atoms with E-state index < -0.39 is 0 Å². The van der Waals surface area contributed by atoms with Gasteiger partial charge in [-0.15, -0.1) is 11.8 Å². The van der Waals surface area contributed by atoms with Gasteiger partial charge in [0.2, 0.25) is 0 Å². The number of benzene rings is 3. The average Bonchev–Trinajstić information content (AvgIpc) is 2.78. The molecular weight excluding hydrogens is 386 g/mol. The van der Waals surface area contributed by atoms with Crippen LogP contribution in [0.1, 0.15) is 16.7 Å². The number of pyridine rings is 1. The third-order valence-corrected chi connectivity index (χ3v) is 6.18.